The zero-order valence-corrected chi connectivity index (χ0v) is 10.8. The summed E-state index contributed by atoms with van der Waals surface area (Å²) < 4.78 is 0. The molecule has 0 spiro atoms. The smallest absolute Gasteiger partial charge is 0.223 e. The molecule has 1 aliphatic heterocycles. The van der Waals surface area contributed by atoms with Crippen molar-refractivity contribution in [1.82, 2.24) is 9.80 Å². The van der Waals surface area contributed by atoms with Gasteiger partial charge in [0.25, 0.3) is 0 Å². The van der Waals surface area contributed by atoms with Crippen LogP contribution >= 0.6 is 0 Å². The number of hydrogen-bond acceptors (Lipinski definition) is 3. The maximum atomic E-state index is 11.7. The van der Waals surface area contributed by atoms with Gasteiger partial charge >= 0.3 is 0 Å². The molecule has 0 bridgehead atoms. The Morgan fingerprint density at radius 1 is 1.35 bits per heavy atom. The lowest BCUT2D eigenvalue weighted by molar-refractivity contribution is -0.133. The lowest BCUT2D eigenvalue weighted by atomic mass is 10.1. The minimum absolute atomic E-state index is 0.144. The molecule has 17 heavy (non-hydrogen) atoms. The van der Waals surface area contributed by atoms with Crippen LogP contribution in [0.25, 0.3) is 0 Å². The number of terminal acetylenes is 1. The number of aliphatic hydroxyl groups is 1. The Morgan fingerprint density at radius 3 is 2.41 bits per heavy atom. The monoisotopic (exact) mass is 238 g/mol. The van der Waals surface area contributed by atoms with Crippen LogP contribution in [0.3, 0.4) is 0 Å². The van der Waals surface area contributed by atoms with Crippen LogP contribution in [-0.4, -0.2) is 59.1 Å². The van der Waals surface area contributed by atoms with E-state index in [1.807, 2.05) is 4.90 Å². The molecule has 1 heterocycles. The molecule has 0 aromatic rings. The van der Waals surface area contributed by atoms with E-state index in [0.717, 1.165) is 26.2 Å². The molecule has 1 fully saturated rings. The normalized spacial score (nSPS) is 17.9. The minimum Gasteiger partial charge on any atom is -0.389 e. The molecule has 0 aliphatic carbocycles. The minimum atomic E-state index is -0.671. The van der Waals surface area contributed by atoms with Crippen molar-refractivity contribution in [2.45, 2.75) is 32.3 Å². The van der Waals surface area contributed by atoms with E-state index in [1.54, 1.807) is 13.8 Å². The molecule has 0 unspecified atom stereocenters. The van der Waals surface area contributed by atoms with E-state index >= 15 is 0 Å². The fourth-order valence-corrected chi connectivity index (χ4v) is 2.04. The van der Waals surface area contributed by atoms with Crippen LogP contribution in [0, 0.1) is 12.3 Å². The number of β-amino-alcohol motifs (C(OH)–C–C–N with tert-alkyl or cyclic N) is 1. The molecule has 0 aromatic carbocycles. The topological polar surface area (TPSA) is 43.8 Å². The van der Waals surface area contributed by atoms with E-state index in [9.17, 15) is 9.90 Å². The van der Waals surface area contributed by atoms with Crippen LogP contribution in [0.15, 0.2) is 0 Å². The average molecular weight is 238 g/mol. The third-order valence-electron chi connectivity index (χ3n) is 2.82. The summed E-state index contributed by atoms with van der Waals surface area (Å²) in [5.41, 5.74) is -0.671. The highest BCUT2D eigenvalue weighted by Crippen LogP contribution is 2.09. The summed E-state index contributed by atoms with van der Waals surface area (Å²) in [6.45, 7) is 7.38. The quantitative estimate of drug-likeness (QED) is 0.717. The molecule has 96 valence electrons. The summed E-state index contributed by atoms with van der Waals surface area (Å²) in [6, 6.07) is 0. The third kappa shape index (κ3) is 5.20. The second-order valence-electron chi connectivity index (χ2n) is 5.17. The highest BCUT2D eigenvalue weighted by Gasteiger charge is 2.24. The van der Waals surface area contributed by atoms with Crippen molar-refractivity contribution in [3.63, 3.8) is 0 Å². The van der Waals surface area contributed by atoms with Crippen molar-refractivity contribution in [3.05, 3.63) is 0 Å². The lowest BCUT2D eigenvalue weighted by Gasteiger charge is -2.37. The Kier molecular flexibility index (Phi) is 4.98. The average Bonchev–Trinajstić information content (AvgIpc) is 2.24. The van der Waals surface area contributed by atoms with Crippen LogP contribution in [0.2, 0.25) is 0 Å². The molecule has 1 N–H and O–H groups in total. The Labute approximate surface area is 104 Å². The fraction of sp³-hybridized carbons (Fsp3) is 0.769. The molecule has 1 amide bonds. The first-order chi connectivity index (χ1) is 7.92. The first kappa shape index (κ1) is 14.0. The number of piperazine rings is 1. The summed E-state index contributed by atoms with van der Waals surface area (Å²) >= 11 is 0. The van der Waals surface area contributed by atoms with Gasteiger partial charge in [-0.1, -0.05) is 0 Å². The fourth-order valence-electron chi connectivity index (χ4n) is 2.04. The Hall–Kier alpha value is -1.05. The Morgan fingerprint density at radius 2 is 1.94 bits per heavy atom. The molecule has 0 aromatic heterocycles. The van der Waals surface area contributed by atoms with Crippen LogP contribution in [-0.2, 0) is 4.79 Å². The summed E-state index contributed by atoms with van der Waals surface area (Å²) in [5.74, 6) is 2.63. The van der Waals surface area contributed by atoms with E-state index < -0.39 is 5.60 Å². The molecule has 1 rings (SSSR count). The molecule has 0 saturated carbocycles. The summed E-state index contributed by atoms with van der Waals surface area (Å²) in [4.78, 5) is 15.8. The van der Waals surface area contributed by atoms with Crippen molar-refractivity contribution < 1.29 is 9.90 Å². The van der Waals surface area contributed by atoms with Crippen LogP contribution in [0.4, 0.5) is 0 Å². The number of carbonyl (C=O) groups excluding carboxylic acids is 1. The Balaban J connectivity index is 2.31. The van der Waals surface area contributed by atoms with Crippen LogP contribution in [0.5, 0.6) is 0 Å². The van der Waals surface area contributed by atoms with Crippen molar-refractivity contribution >= 4 is 5.91 Å². The van der Waals surface area contributed by atoms with Gasteiger partial charge in [-0.25, -0.2) is 0 Å². The lowest BCUT2D eigenvalue weighted by Crippen LogP contribution is -2.51. The van der Waals surface area contributed by atoms with Gasteiger partial charge in [-0.3, -0.25) is 9.69 Å². The number of carbonyl (C=O) groups is 1. The second-order valence-corrected chi connectivity index (χ2v) is 5.17. The van der Waals surface area contributed by atoms with Gasteiger partial charge in [0.1, 0.15) is 0 Å². The second kappa shape index (κ2) is 6.04. The van der Waals surface area contributed by atoms with Crippen molar-refractivity contribution in [3.8, 4) is 12.3 Å². The van der Waals surface area contributed by atoms with Gasteiger partial charge in [0, 0.05) is 45.6 Å². The molecular weight excluding hydrogens is 216 g/mol. The molecule has 4 nitrogen and oxygen atoms in total. The summed E-state index contributed by atoms with van der Waals surface area (Å²) in [6.07, 6.45) is 6.10. The van der Waals surface area contributed by atoms with Gasteiger partial charge in [-0.05, 0) is 13.8 Å². The Bertz CT molecular complexity index is 294. The van der Waals surface area contributed by atoms with Gasteiger partial charge in [-0.15, -0.1) is 12.3 Å². The molecule has 0 radical (unpaired) electrons. The first-order valence-corrected chi connectivity index (χ1v) is 6.08. The molecular formula is C13H22N2O2. The van der Waals surface area contributed by atoms with Gasteiger partial charge in [0.15, 0.2) is 0 Å². The zero-order chi connectivity index (χ0) is 12.9. The van der Waals surface area contributed by atoms with E-state index in [-0.39, 0.29) is 5.91 Å². The van der Waals surface area contributed by atoms with E-state index in [0.29, 0.717) is 19.4 Å². The van der Waals surface area contributed by atoms with E-state index in [4.69, 9.17) is 6.42 Å². The molecule has 4 heteroatoms. The van der Waals surface area contributed by atoms with E-state index in [1.165, 1.54) is 0 Å². The van der Waals surface area contributed by atoms with Crippen molar-refractivity contribution in [2.75, 3.05) is 32.7 Å². The number of amides is 1. The first-order valence-electron chi connectivity index (χ1n) is 6.08. The number of hydrogen-bond donors (Lipinski definition) is 1. The van der Waals surface area contributed by atoms with Crippen LogP contribution < -0.4 is 0 Å². The van der Waals surface area contributed by atoms with Gasteiger partial charge in [0.2, 0.25) is 5.91 Å². The number of rotatable bonds is 4. The predicted octanol–water partition coefficient (Wildman–Crippen LogP) is 0.315. The summed E-state index contributed by atoms with van der Waals surface area (Å²) in [5, 5.41) is 9.72. The van der Waals surface area contributed by atoms with Gasteiger partial charge < -0.3 is 10.0 Å². The highest BCUT2D eigenvalue weighted by atomic mass is 16.3. The van der Waals surface area contributed by atoms with Gasteiger partial charge in [-0.2, -0.15) is 0 Å². The zero-order valence-electron chi connectivity index (χ0n) is 10.8. The predicted molar refractivity (Wildman–Crippen MR) is 67.4 cm³/mol. The third-order valence-corrected chi connectivity index (χ3v) is 2.82. The van der Waals surface area contributed by atoms with Crippen molar-refractivity contribution in [1.29, 1.82) is 0 Å². The summed E-state index contributed by atoms with van der Waals surface area (Å²) in [7, 11) is 0. The molecule has 0 atom stereocenters. The SMILES string of the molecule is C#CCCC(=O)N1CCN(CC(C)(C)O)CC1. The maximum absolute atomic E-state index is 11.7. The standard InChI is InChI=1S/C13H22N2O2/c1-4-5-6-12(16)15-9-7-14(8-10-15)11-13(2,3)17/h1,17H,5-11H2,2-3H3. The molecule has 1 aliphatic rings. The van der Waals surface area contributed by atoms with E-state index in [2.05, 4.69) is 10.8 Å². The van der Waals surface area contributed by atoms with Crippen LogP contribution in [0.1, 0.15) is 26.7 Å². The number of nitrogens with zero attached hydrogens (tertiary/aromatic N) is 2. The van der Waals surface area contributed by atoms with Crippen molar-refractivity contribution in [2.24, 2.45) is 0 Å². The largest absolute Gasteiger partial charge is 0.389 e. The molecule has 1 saturated heterocycles. The maximum Gasteiger partial charge on any atom is 0.223 e. The highest BCUT2D eigenvalue weighted by molar-refractivity contribution is 5.76. The van der Waals surface area contributed by atoms with Gasteiger partial charge in [0.05, 0.1) is 5.60 Å².